The van der Waals surface area contributed by atoms with Crippen molar-refractivity contribution in [2.45, 2.75) is 13.3 Å². The third-order valence-corrected chi connectivity index (χ3v) is 3.10. The minimum atomic E-state index is -0.499. The Hall–Kier alpha value is -2.56. The largest absolute Gasteiger partial charge is 0.460 e. The van der Waals surface area contributed by atoms with Gasteiger partial charge in [-0.3, -0.25) is 4.79 Å². The lowest BCUT2D eigenvalue weighted by Crippen LogP contribution is -2.13. The smallest absolute Gasteiger partial charge is 0.253 e. The number of aryl methyl sites for hydroxylation is 1. The average molecular weight is 255 g/mol. The van der Waals surface area contributed by atoms with Gasteiger partial charge in [0.15, 0.2) is 11.6 Å². The molecule has 1 amide bonds. The molecule has 0 fully saturated rings. The van der Waals surface area contributed by atoms with E-state index in [-0.39, 0.29) is 0 Å². The van der Waals surface area contributed by atoms with E-state index in [1.54, 1.807) is 6.26 Å². The number of para-hydroxylation sites is 2. The molecule has 0 radical (unpaired) electrons. The number of hydrogen-bond acceptors (Lipinski definition) is 3. The van der Waals surface area contributed by atoms with Crippen molar-refractivity contribution in [1.82, 2.24) is 9.97 Å². The summed E-state index contributed by atoms with van der Waals surface area (Å²) in [5, 5.41) is 0. The quantitative estimate of drug-likeness (QED) is 0.754. The molecule has 0 saturated carbocycles. The van der Waals surface area contributed by atoms with Gasteiger partial charge in [-0.05, 0) is 18.6 Å². The van der Waals surface area contributed by atoms with E-state index in [4.69, 9.17) is 10.2 Å². The van der Waals surface area contributed by atoms with Gasteiger partial charge in [0.05, 0.1) is 22.9 Å². The molecule has 5 heteroatoms. The van der Waals surface area contributed by atoms with Gasteiger partial charge in [-0.15, -0.1) is 0 Å². The van der Waals surface area contributed by atoms with Crippen molar-refractivity contribution in [3.05, 3.63) is 41.7 Å². The fourth-order valence-electron chi connectivity index (χ4n) is 2.16. The molecule has 0 saturated heterocycles. The molecule has 3 aromatic rings. The molecule has 0 bridgehead atoms. The van der Waals surface area contributed by atoms with Gasteiger partial charge in [0.2, 0.25) is 0 Å². The van der Waals surface area contributed by atoms with Crippen molar-refractivity contribution < 1.29 is 9.21 Å². The molecule has 3 N–H and O–H groups in total. The fraction of sp³-hybridized carbons (Fsp3) is 0.143. The van der Waals surface area contributed by atoms with E-state index in [9.17, 15) is 4.79 Å². The maximum absolute atomic E-state index is 11.6. The van der Waals surface area contributed by atoms with Crippen LogP contribution in [0.2, 0.25) is 0 Å². The molecule has 5 nitrogen and oxygen atoms in total. The molecule has 0 unspecified atom stereocenters. The number of nitrogens with two attached hydrogens (primary N) is 1. The highest BCUT2D eigenvalue weighted by molar-refractivity contribution is 5.99. The first-order valence-corrected chi connectivity index (χ1v) is 6.06. The van der Waals surface area contributed by atoms with Crippen LogP contribution in [0.4, 0.5) is 0 Å². The summed E-state index contributed by atoms with van der Waals surface area (Å²) in [4.78, 5) is 19.1. The molecular formula is C14H13N3O2. The predicted molar refractivity (Wildman–Crippen MR) is 71.7 cm³/mol. The van der Waals surface area contributed by atoms with Crippen LogP contribution in [0.15, 0.2) is 34.9 Å². The molecule has 1 aromatic carbocycles. The number of rotatable bonds is 3. The van der Waals surface area contributed by atoms with Crippen LogP contribution in [0.5, 0.6) is 0 Å². The highest BCUT2D eigenvalue weighted by atomic mass is 16.3. The van der Waals surface area contributed by atoms with Crippen molar-refractivity contribution in [2.24, 2.45) is 5.73 Å². The van der Waals surface area contributed by atoms with E-state index in [1.807, 2.05) is 31.2 Å². The van der Waals surface area contributed by atoms with Gasteiger partial charge in [0.25, 0.3) is 5.91 Å². The summed E-state index contributed by atoms with van der Waals surface area (Å²) in [6.07, 6.45) is 2.24. The molecule has 19 heavy (non-hydrogen) atoms. The maximum atomic E-state index is 11.6. The van der Waals surface area contributed by atoms with Crippen LogP contribution in [0.25, 0.3) is 22.6 Å². The van der Waals surface area contributed by atoms with Crippen molar-refractivity contribution in [1.29, 1.82) is 0 Å². The second kappa shape index (κ2) is 4.28. The standard InChI is InChI=1S/C14H13N3O2/c1-2-8-7-19-12(11(8)13(15)18)14-16-9-5-3-4-6-10(9)17-14/h3-7H,2H2,1H3,(H2,15,18)(H,16,17). The lowest BCUT2D eigenvalue weighted by Gasteiger charge is -1.97. The zero-order chi connectivity index (χ0) is 13.4. The van der Waals surface area contributed by atoms with Gasteiger partial charge in [-0.1, -0.05) is 19.1 Å². The molecule has 2 aromatic heterocycles. The SMILES string of the molecule is CCc1coc(-c2nc3ccccc3[nH]2)c1C(N)=O. The number of fused-ring (bicyclic) bond motifs is 1. The zero-order valence-corrected chi connectivity index (χ0v) is 10.4. The number of H-pyrrole nitrogens is 1. The van der Waals surface area contributed by atoms with Gasteiger partial charge < -0.3 is 15.1 Å². The van der Waals surface area contributed by atoms with Gasteiger partial charge in [-0.2, -0.15) is 0 Å². The first kappa shape index (κ1) is 11.5. The maximum Gasteiger partial charge on any atom is 0.253 e. The Morgan fingerprint density at radius 3 is 2.89 bits per heavy atom. The first-order chi connectivity index (χ1) is 9.20. The number of nitrogens with one attached hydrogen (secondary N) is 1. The summed E-state index contributed by atoms with van der Waals surface area (Å²) < 4.78 is 5.47. The van der Waals surface area contributed by atoms with Crippen molar-refractivity contribution in [3.8, 4) is 11.6 Å². The molecule has 0 aliphatic carbocycles. The van der Waals surface area contributed by atoms with Crippen LogP contribution >= 0.6 is 0 Å². The van der Waals surface area contributed by atoms with E-state index in [1.165, 1.54) is 0 Å². The lowest BCUT2D eigenvalue weighted by atomic mass is 10.1. The number of furan rings is 1. The van der Waals surface area contributed by atoms with Gasteiger partial charge >= 0.3 is 0 Å². The summed E-state index contributed by atoms with van der Waals surface area (Å²) in [5.41, 5.74) is 8.34. The second-order valence-electron chi connectivity index (χ2n) is 4.29. The van der Waals surface area contributed by atoms with Crippen molar-refractivity contribution in [2.75, 3.05) is 0 Å². The highest BCUT2D eigenvalue weighted by Gasteiger charge is 2.21. The Morgan fingerprint density at radius 2 is 2.21 bits per heavy atom. The molecule has 2 heterocycles. The Labute approximate surface area is 109 Å². The molecule has 0 spiro atoms. The number of primary amides is 1. The van der Waals surface area contributed by atoms with Crippen LogP contribution in [0.1, 0.15) is 22.8 Å². The third kappa shape index (κ3) is 1.79. The molecule has 0 atom stereocenters. The summed E-state index contributed by atoms with van der Waals surface area (Å²) in [6.45, 7) is 1.94. The highest BCUT2D eigenvalue weighted by Crippen LogP contribution is 2.28. The van der Waals surface area contributed by atoms with E-state index >= 15 is 0 Å². The number of nitrogens with zero attached hydrogens (tertiary/aromatic N) is 1. The molecule has 0 aliphatic heterocycles. The molecule has 0 aliphatic rings. The Bertz CT molecular complexity index is 722. The van der Waals surface area contributed by atoms with Crippen LogP contribution in [0, 0.1) is 0 Å². The van der Waals surface area contributed by atoms with Gasteiger partial charge in [-0.25, -0.2) is 4.98 Å². The molecule has 3 rings (SSSR count). The fourth-order valence-corrected chi connectivity index (χ4v) is 2.16. The van der Waals surface area contributed by atoms with E-state index < -0.39 is 5.91 Å². The average Bonchev–Trinajstić information content (AvgIpc) is 3.01. The number of amides is 1. The normalized spacial score (nSPS) is 11.0. The van der Waals surface area contributed by atoms with Gasteiger partial charge in [0, 0.05) is 5.56 Å². The van der Waals surface area contributed by atoms with Crippen LogP contribution in [0.3, 0.4) is 0 Å². The number of carbonyl (C=O) groups excluding carboxylic acids is 1. The van der Waals surface area contributed by atoms with E-state index in [0.717, 1.165) is 16.6 Å². The van der Waals surface area contributed by atoms with Crippen molar-refractivity contribution >= 4 is 16.9 Å². The minimum Gasteiger partial charge on any atom is -0.460 e. The number of aromatic amines is 1. The first-order valence-electron chi connectivity index (χ1n) is 6.06. The third-order valence-electron chi connectivity index (χ3n) is 3.10. The Kier molecular flexibility index (Phi) is 2.59. The van der Waals surface area contributed by atoms with Gasteiger partial charge in [0.1, 0.15) is 0 Å². The molecular weight excluding hydrogens is 242 g/mol. The van der Waals surface area contributed by atoms with Crippen LogP contribution in [-0.4, -0.2) is 15.9 Å². The number of hydrogen-bond donors (Lipinski definition) is 2. The summed E-state index contributed by atoms with van der Waals surface area (Å²) in [7, 11) is 0. The Balaban J connectivity index is 2.21. The summed E-state index contributed by atoms with van der Waals surface area (Å²) in [6, 6.07) is 7.63. The van der Waals surface area contributed by atoms with Crippen molar-refractivity contribution in [3.63, 3.8) is 0 Å². The van der Waals surface area contributed by atoms with E-state index in [2.05, 4.69) is 9.97 Å². The number of imidazole rings is 1. The Morgan fingerprint density at radius 1 is 1.42 bits per heavy atom. The number of benzene rings is 1. The molecule has 96 valence electrons. The van der Waals surface area contributed by atoms with Crippen LogP contribution < -0.4 is 5.73 Å². The summed E-state index contributed by atoms with van der Waals surface area (Å²) in [5.74, 6) is 0.427. The van der Waals surface area contributed by atoms with E-state index in [0.29, 0.717) is 23.6 Å². The predicted octanol–water partition coefficient (Wildman–Crippen LogP) is 2.48. The zero-order valence-electron chi connectivity index (χ0n) is 10.4. The van der Waals surface area contributed by atoms with Crippen LogP contribution in [-0.2, 0) is 6.42 Å². The minimum absolute atomic E-state index is 0.403. The summed E-state index contributed by atoms with van der Waals surface area (Å²) >= 11 is 0. The lowest BCUT2D eigenvalue weighted by molar-refractivity contribution is 0.0999. The number of carbonyl (C=O) groups is 1. The second-order valence-corrected chi connectivity index (χ2v) is 4.29. The monoisotopic (exact) mass is 255 g/mol. The topological polar surface area (TPSA) is 84.9 Å². The number of aromatic nitrogens is 2.